The number of likely N-dealkylation sites (N-methyl/N-ethyl adjacent to an activating group) is 1. The smallest absolute Gasteiger partial charge is 0.245 e. The molecule has 2 N–H and O–H groups in total. The minimum absolute atomic E-state index is 0.0627. The largest absolute Gasteiger partial charge is 0.341 e. The summed E-state index contributed by atoms with van der Waals surface area (Å²) in [6, 6.07) is -0.407. The van der Waals surface area contributed by atoms with E-state index in [1.54, 1.807) is 9.80 Å². The average Bonchev–Trinajstić information content (AvgIpc) is 3.09. The summed E-state index contributed by atoms with van der Waals surface area (Å²) < 4.78 is 0. The van der Waals surface area contributed by atoms with Gasteiger partial charge in [-0.3, -0.25) is 9.59 Å². The number of likely N-dealkylation sites (tertiary alicyclic amines) is 1. The Balaban J connectivity index is 2.01. The highest BCUT2D eigenvalue weighted by Gasteiger charge is 2.40. The van der Waals surface area contributed by atoms with E-state index in [9.17, 15) is 9.59 Å². The summed E-state index contributed by atoms with van der Waals surface area (Å²) in [4.78, 5) is 28.7. The number of hydrogen-bond donors (Lipinski definition) is 1. The van der Waals surface area contributed by atoms with Gasteiger partial charge in [0.15, 0.2) is 0 Å². The second kappa shape index (κ2) is 7.25. The summed E-state index contributed by atoms with van der Waals surface area (Å²) in [7, 11) is 0. The van der Waals surface area contributed by atoms with Gasteiger partial charge in [0.1, 0.15) is 6.04 Å². The molecule has 21 heavy (non-hydrogen) atoms. The molecular formula is C16H29N3O2. The first-order valence-corrected chi connectivity index (χ1v) is 8.40. The summed E-state index contributed by atoms with van der Waals surface area (Å²) in [5, 5.41) is 0. The molecule has 120 valence electrons. The Morgan fingerprint density at radius 1 is 1.19 bits per heavy atom. The van der Waals surface area contributed by atoms with Crippen LogP contribution in [-0.4, -0.2) is 53.3 Å². The van der Waals surface area contributed by atoms with E-state index in [2.05, 4.69) is 0 Å². The Hall–Kier alpha value is -1.10. The number of carbonyl (C=O) groups excluding carboxylic acids is 2. The van der Waals surface area contributed by atoms with E-state index in [0.717, 1.165) is 12.8 Å². The van der Waals surface area contributed by atoms with Gasteiger partial charge in [-0.2, -0.15) is 0 Å². The lowest BCUT2D eigenvalue weighted by Crippen LogP contribution is -2.48. The van der Waals surface area contributed by atoms with Crippen LogP contribution in [0.4, 0.5) is 0 Å². The van der Waals surface area contributed by atoms with Crippen molar-refractivity contribution in [1.29, 1.82) is 0 Å². The number of nitrogens with zero attached hydrogens (tertiary/aromatic N) is 2. The van der Waals surface area contributed by atoms with E-state index in [1.165, 1.54) is 12.8 Å². The topological polar surface area (TPSA) is 66.6 Å². The Morgan fingerprint density at radius 2 is 1.81 bits per heavy atom. The maximum Gasteiger partial charge on any atom is 0.245 e. The van der Waals surface area contributed by atoms with E-state index in [-0.39, 0.29) is 23.9 Å². The second-order valence-electron chi connectivity index (χ2n) is 6.42. The summed E-state index contributed by atoms with van der Waals surface area (Å²) >= 11 is 0. The molecule has 1 saturated carbocycles. The molecule has 0 bridgehead atoms. The molecule has 2 fully saturated rings. The van der Waals surface area contributed by atoms with Gasteiger partial charge in [-0.25, -0.2) is 0 Å². The maximum absolute atomic E-state index is 12.6. The maximum atomic E-state index is 12.6. The van der Waals surface area contributed by atoms with Crippen molar-refractivity contribution < 1.29 is 9.59 Å². The third-order valence-electron chi connectivity index (χ3n) is 4.95. The van der Waals surface area contributed by atoms with Crippen LogP contribution in [0.5, 0.6) is 0 Å². The molecule has 2 rings (SSSR count). The van der Waals surface area contributed by atoms with Gasteiger partial charge >= 0.3 is 0 Å². The Kier molecular flexibility index (Phi) is 5.62. The minimum atomic E-state index is -0.339. The van der Waals surface area contributed by atoms with Crippen LogP contribution in [0.15, 0.2) is 0 Å². The molecule has 0 aromatic rings. The van der Waals surface area contributed by atoms with E-state index < -0.39 is 0 Å². The zero-order valence-corrected chi connectivity index (χ0v) is 13.4. The third-order valence-corrected chi connectivity index (χ3v) is 4.95. The molecule has 0 spiro atoms. The van der Waals surface area contributed by atoms with Crippen LogP contribution < -0.4 is 5.73 Å². The van der Waals surface area contributed by atoms with Crippen LogP contribution in [0.1, 0.15) is 52.4 Å². The summed E-state index contributed by atoms with van der Waals surface area (Å²) in [5.41, 5.74) is 6.02. The number of rotatable bonds is 5. The van der Waals surface area contributed by atoms with Gasteiger partial charge in [0, 0.05) is 32.1 Å². The van der Waals surface area contributed by atoms with Crippen LogP contribution in [0.3, 0.4) is 0 Å². The van der Waals surface area contributed by atoms with Crippen LogP contribution >= 0.6 is 0 Å². The summed E-state index contributed by atoms with van der Waals surface area (Å²) in [5.74, 6) is 0.701. The van der Waals surface area contributed by atoms with Gasteiger partial charge < -0.3 is 15.5 Å². The zero-order valence-electron chi connectivity index (χ0n) is 13.4. The number of hydrogen-bond acceptors (Lipinski definition) is 3. The molecule has 1 saturated heterocycles. The van der Waals surface area contributed by atoms with Crippen molar-refractivity contribution in [2.45, 2.75) is 64.5 Å². The van der Waals surface area contributed by atoms with Gasteiger partial charge in [0.25, 0.3) is 0 Å². The molecule has 0 radical (unpaired) electrons. The van der Waals surface area contributed by atoms with E-state index in [4.69, 9.17) is 5.73 Å². The molecule has 0 unspecified atom stereocenters. The highest BCUT2D eigenvalue weighted by Crippen LogP contribution is 2.29. The quantitative estimate of drug-likeness (QED) is 0.833. The van der Waals surface area contributed by atoms with Gasteiger partial charge in [-0.05, 0) is 39.0 Å². The average molecular weight is 295 g/mol. The molecule has 1 heterocycles. The van der Waals surface area contributed by atoms with Crippen molar-refractivity contribution in [1.82, 2.24) is 9.80 Å². The monoisotopic (exact) mass is 295 g/mol. The first-order chi connectivity index (χ1) is 10.1. The predicted octanol–water partition coefficient (Wildman–Crippen LogP) is 1.36. The molecular weight excluding hydrogens is 266 g/mol. The molecule has 5 nitrogen and oxygen atoms in total. The van der Waals surface area contributed by atoms with Crippen molar-refractivity contribution >= 4 is 11.8 Å². The SMILES string of the molecule is CCN(CC)C(=O)[C@@H]1C[C@H](N)CN1C(=O)CC1CCCC1. The fourth-order valence-corrected chi connectivity index (χ4v) is 3.70. The van der Waals surface area contributed by atoms with Crippen molar-refractivity contribution in [2.75, 3.05) is 19.6 Å². The molecule has 5 heteroatoms. The van der Waals surface area contributed by atoms with Gasteiger partial charge in [0.05, 0.1) is 0 Å². The van der Waals surface area contributed by atoms with Crippen LogP contribution in [-0.2, 0) is 9.59 Å². The van der Waals surface area contributed by atoms with Crippen LogP contribution in [0.2, 0.25) is 0 Å². The van der Waals surface area contributed by atoms with Crippen LogP contribution in [0.25, 0.3) is 0 Å². The standard InChI is InChI=1S/C16H29N3O2/c1-3-18(4-2)16(21)14-10-13(17)11-19(14)15(20)9-12-7-5-6-8-12/h12-14H,3-11,17H2,1-2H3/t13-,14-/m0/s1. The number of amides is 2. The van der Waals surface area contributed by atoms with Crippen molar-refractivity contribution in [2.24, 2.45) is 11.7 Å². The zero-order chi connectivity index (χ0) is 15.4. The lowest BCUT2D eigenvalue weighted by molar-refractivity contribution is -0.144. The Labute approximate surface area is 127 Å². The molecule has 0 aromatic carbocycles. The van der Waals surface area contributed by atoms with Gasteiger partial charge in [-0.15, -0.1) is 0 Å². The van der Waals surface area contributed by atoms with E-state index in [0.29, 0.717) is 38.4 Å². The normalized spacial score (nSPS) is 26.3. The number of carbonyl (C=O) groups is 2. The lowest BCUT2D eigenvalue weighted by Gasteiger charge is -2.29. The minimum Gasteiger partial charge on any atom is -0.341 e. The second-order valence-corrected chi connectivity index (χ2v) is 6.42. The van der Waals surface area contributed by atoms with Crippen molar-refractivity contribution in [3.05, 3.63) is 0 Å². The van der Waals surface area contributed by atoms with Crippen molar-refractivity contribution in [3.63, 3.8) is 0 Å². The molecule has 0 aromatic heterocycles. The molecule has 1 aliphatic heterocycles. The summed E-state index contributed by atoms with van der Waals surface area (Å²) in [6.45, 7) is 5.85. The van der Waals surface area contributed by atoms with E-state index >= 15 is 0 Å². The van der Waals surface area contributed by atoms with Gasteiger partial charge in [0.2, 0.25) is 11.8 Å². The first-order valence-electron chi connectivity index (χ1n) is 8.40. The highest BCUT2D eigenvalue weighted by molar-refractivity contribution is 5.88. The number of nitrogens with two attached hydrogens (primary N) is 1. The highest BCUT2D eigenvalue weighted by atomic mass is 16.2. The Bertz CT molecular complexity index is 376. The van der Waals surface area contributed by atoms with Crippen LogP contribution in [0, 0.1) is 5.92 Å². The lowest BCUT2D eigenvalue weighted by atomic mass is 10.0. The first kappa shape index (κ1) is 16.3. The molecule has 2 atom stereocenters. The third kappa shape index (κ3) is 3.76. The summed E-state index contributed by atoms with van der Waals surface area (Å²) in [6.07, 6.45) is 5.97. The van der Waals surface area contributed by atoms with E-state index in [1.807, 2.05) is 13.8 Å². The van der Waals surface area contributed by atoms with Gasteiger partial charge in [-0.1, -0.05) is 12.8 Å². The Morgan fingerprint density at radius 3 is 2.38 bits per heavy atom. The fraction of sp³-hybridized carbons (Fsp3) is 0.875. The molecule has 2 aliphatic rings. The fourth-order valence-electron chi connectivity index (χ4n) is 3.70. The predicted molar refractivity (Wildman–Crippen MR) is 82.6 cm³/mol. The van der Waals surface area contributed by atoms with Crippen molar-refractivity contribution in [3.8, 4) is 0 Å². The molecule has 1 aliphatic carbocycles. The molecule has 2 amide bonds.